The van der Waals surface area contributed by atoms with Gasteiger partial charge in [-0.2, -0.15) is 0 Å². The Hall–Kier alpha value is -1.38. The molecule has 98 valence electrons. The van der Waals surface area contributed by atoms with E-state index in [1.165, 1.54) is 16.7 Å². The first-order valence-corrected chi connectivity index (χ1v) is 7.08. The van der Waals surface area contributed by atoms with Crippen molar-refractivity contribution >= 4 is 11.6 Å². The first-order chi connectivity index (χ1) is 9.31. The Balaban J connectivity index is 1.51. The van der Waals surface area contributed by atoms with Crippen molar-refractivity contribution in [3.8, 4) is 0 Å². The van der Waals surface area contributed by atoms with Crippen LogP contribution in [0.2, 0.25) is 5.02 Å². The van der Waals surface area contributed by atoms with Crippen molar-refractivity contribution in [3.63, 3.8) is 0 Å². The zero-order chi connectivity index (χ0) is 13.1. The van der Waals surface area contributed by atoms with E-state index in [1.54, 1.807) is 0 Å². The molecule has 0 fully saturated rings. The van der Waals surface area contributed by atoms with Gasteiger partial charge in [-0.3, -0.25) is 4.98 Å². The van der Waals surface area contributed by atoms with Crippen LogP contribution in [0.4, 0.5) is 0 Å². The van der Waals surface area contributed by atoms with Crippen LogP contribution in [0.3, 0.4) is 0 Å². The molecule has 0 saturated heterocycles. The second-order valence-corrected chi connectivity index (χ2v) is 5.52. The van der Waals surface area contributed by atoms with Gasteiger partial charge in [-0.05, 0) is 60.7 Å². The molecule has 1 aromatic heterocycles. The fourth-order valence-corrected chi connectivity index (χ4v) is 2.89. The lowest BCUT2D eigenvalue weighted by Crippen LogP contribution is -2.31. The van der Waals surface area contributed by atoms with Crippen LogP contribution in [-0.4, -0.2) is 17.6 Å². The maximum Gasteiger partial charge on any atom is 0.0408 e. The van der Waals surface area contributed by atoms with Crippen molar-refractivity contribution in [3.05, 3.63) is 64.4 Å². The Bertz CT molecular complexity index is 554. The topological polar surface area (TPSA) is 24.9 Å². The van der Waals surface area contributed by atoms with E-state index in [9.17, 15) is 0 Å². The molecule has 19 heavy (non-hydrogen) atoms. The Labute approximate surface area is 118 Å². The minimum atomic E-state index is 0.546. The van der Waals surface area contributed by atoms with Gasteiger partial charge in [0.1, 0.15) is 0 Å². The molecule has 1 aliphatic carbocycles. The van der Waals surface area contributed by atoms with Gasteiger partial charge in [0, 0.05) is 23.5 Å². The van der Waals surface area contributed by atoms with Crippen LogP contribution in [0.25, 0.3) is 0 Å². The van der Waals surface area contributed by atoms with Crippen LogP contribution in [0.15, 0.2) is 42.7 Å². The van der Waals surface area contributed by atoms with Gasteiger partial charge in [0.2, 0.25) is 0 Å². The minimum absolute atomic E-state index is 0.546. The summed E-state index contributed by atoms with van der Waals surface area (Å²) in [7, 11) is 0. The van der Waals surface area contributed by atoms with Gasteiger partial charge in [0.25, 0.3) is 0 Å². The lowest BCUT2D eigenvalue weighted by molar-refractivity contribution is 0.536. The summed E-state index contributed by atoms with van der Waals surface area (Å²) in [5.41, 5.74) is 4.11. The number of rotatable bonds is 4. The summed E-state index contributed by atoms with van der Waals surface area (Å²) < 4.78 is 0. The Morgan fingerprint density at radius 3 is 2.95 bits per heavy atom. The first-order valence-electron chi connectivity index (χ1n) is 6.71. The number of hydrogen-bond acceptors (Lipinski definition) is 2. The zero-order valence-corrected chi connectivity index (χ0v) is 11.5. The molecule has 3 heteroatoms. The highest BCUT2D eigenvalue weighted by molar-refractivity contribution is 6.30. The van der Waals surface area contributed by atoms with E-state index in [2.05, 4.69) is 28.5 Å². The molecule has 1 heterocycles. The highest BCUT2D eigenvalue weighted by Gasteiger charge is 2.20. The smallest absolute Gasteiger partial charge is 0.0408 e. The highest BCUT2D eigenvalue weighted by atomic mass is 35.5. The summed E-state index contributed by atoms with van der Waals surface area (Å²) in [5.74, 6) is 0. The summed E-state index contributed by atoms with van der Waals surface area (Å²) in [4.78, 5) is 4.13. The summed E-state index contributed by atoms with van der Waals surface area (Å²) in [5, 5.41) is 4.47. The van der Waals surface area contributed by atoms with Crippen LogP contribution in [0, 0.1) is 0 Å². The summed E-state index contributed by atoms with van der Waals surface area (Å²) in [6.45, 7) is 0.998. The molecule has 1 aromatic carbocycles. The Kier molecular flexibility index (Phi) is 3.81. The highest BCUT2D eigenvalue weighted by Crippen LogP contribution is 2.25. The summed E-state index contributed by atoms with van der Waals surface area (Å²) >= 11 is 6.03. The number of benzene rings is 1. The number of nitrogens with zero attached hydrogens (tertiary/aromatic N) is 1. The number of fused-ring (bicyclic) bond motifs is 1. The third-order valence-corrected chi connectivity index (χ3v) is 3.91. The van der Waals surface area contributed by atoms with Crippen molar-refractivity contribution in [2.45, 2.75) is 25.3 Å². The van der Waals surface area contributed by atoms with Crippen LogP contribution < -0.4 is 5.32 Å². The second kappa shape index (κ2) is 5.72. The van der Waals surface area contributed by atoms with Crippen LogP contribution in [-0.2, 0) is 19.3 Å². The predicted molar refractivity (Wildman–Crippen MR) is 78.6 cm³/mol. The molecule has 1 N–H and O–H groups in total. The number of nitrogens with one attached hydrogen (secondary N) is 1. The maximum absolute atomic E-state index is 6.03. The molecule has 0 amide bonds. The summed E-state index contributed by atoms with van der Waals surface area (Å²) in [6.07, 6.45) is 6.98. The monoisotopic (exact) mass is 272 g/mol. The largest absolute Gasteiger partial charge is 0.313 e. The fraction of sp³-hybridized carbons (Fsp3) is 0.312. The van der Waals surface area contributed by atoms with E-state index in [-0.39, 0.29) is 0 Å². The molecule has 2 nitrogen and oxygen atoms in total. The van der Waals surface area contributed by atoms with E-state index in [0.29, 0.717) is 6.04 Å². The molecule has 3 rings (SSSR count). The average molecular weight is 273 g/mol. The van der Waals surface area contributed by atoms with Gasteiger partial charge in [-0.15, -0.1) is 0 Å². The number of pyridine rings is 1. The van der Waals surface area contributed by atoms with E-state index in [4.69, 9.17) is 11.6 Å². The molecule has 0 bridgehead atoms. The Morgan fingerprint density at radius 1 is 1.21 bits per heavy atom. The molecular formula is C16H17ClN2. The van der Waals surface area contributed by atoms with Gasteiger partial charge in [-0.1, -0.05) is 23.7 Å². The van der Waals surface area contributed by atoms with Gasteiger partial charge in [0.15, 0.2) is 0 Å². The van der Waals surface area contributed by atoms with E-state index < -0.39 is 0 Å². The van der Waals surface area contributed by atoms with Crippen molar-refractivity contribution in [1.82, 2.24) is 10.3 Å². The minimum Gasteiger partial charge on any atom is -0.313 e. The van der Waals surface area contributed by atoms with E-state index in [1.807, 2.05) is 24.5 Å². The van der Waals surface area contributed by atoms with E-state index >= 15 is 0 Å². The molecule has 0 saturated carbocycles. The molecule has 1 aliphatic rings. The van der Waals surface area contributed by atoms with Gasteiger partial charge in [0.05, 0.1) is 0 Å². The molecule has 0 radical (unpaired) electrons. The molecular weight excluding hydrogens is 256 g/mol. The SMILES string of the molecule is Clc1ccc2c(c1)CC(NCCc1cccnc1)C2. The fourth-order valence-electron chi connectivity index (χ4n) is 2.70. The van der Waals surface area contributed by atoms with Gasteiger partial charge < -0.3 is 5.32 Å². The number of aromatic nitrogens is 1. The average Bonchev–Trinajstić information content (AvgIpc) is 2.82. The Morgan fingerprint density at radius 2 is 2.11 bits per heavy atom. The quantitative estimate of drug-likeness (QED) is 0.925. The van der Waals surface area contributed by atoms with Gasteiger partial charge >= 0.3 is 0 Å². The predicted octanol–water partition coefficient (Wildman–Crippen LogP) is 3.03. The first kappa shape index (κ1) is 12.6. The summed E-state index contributed by atoms with van der Waals surface area (Å²) in [6, 6.07) is 10.9. The van der Waals surface area contributed by atoms with E-state index in [0.717, 1.165) is 30.8 Å². The standard InChI is InChI=1S/C16H17ClN2/c17-15-4-3-13-9-16(10-14(13)8-15)19-7-5-12-2-1-6-18-11-12/h1-4,6,8,11,16,19H,5,7,9-10H2. The second-order valence-electron chi connectivity index (χ2n) is 5.08. The normalized spacial score (nSPS) is 17.4. The van der Waals surface area contributed by atoms with Crippen LogP contribution >= 0.6 is 11.6 Å². The lowest BCUT2D eigenvalue weighted by atomic mass is 10.1. The molecule has 1 atom stereocenters. The van der Waals surface area contributed by atoms with Crippen molar-refractivity contribution in [2.75, 3.05) is 6.54 Å². The third kappa shape index (κ3) is 3.14. The zero-order valence-electron chi connectivity index (χ0n) is 10.8. The third-order valence-electron chi connectivity index (χ3n) is 3.67. The molecule has 0 aliphatic heterocycles. The number of hydrogen-bond donors (Lipinski definition) is 1. The van der Waals surface area contributed by atoms with Crippen LogP contribution in [0.5, 0.6) is 0 Å². The maximum atomic E-state index is 6.03. The van der Waals surface area contributed by atoms with Gasteiger partial charge in [-0.25, -0.2) is 0 Å². The van der Waals surface area contributed by atoms with Crippen molar-refractivity contribution in [2.24, 2.45) is 0 Å². The van der Waals surface area contributed by atoms with Crippen molar-refractivity contribution in [1.29, 1.82) is 0 Å². The molecule has 1 unspecified atom stereocenters. The molecule has 0 spiro atoms. The lowest BCUT2D eigenvalue weighted by Gasteiger charge is -2.11. The number of halogens is 1. The van der Waals surface area contributed by atoms with Crippen LogP contribution in [0.1, 0.15) is 16.7 Å². The molecule has 2 aromatic rings. The van der Waals surface area contributed by atoms with Crippen molar-refractivity contribution < 1.29 is 0 Å².